The van der Waals surface area contributed by atoms with E-state index in [2.05, 4.69) is 24.1 Å². The molecule has 3 unspecified atom stereocenters. The molecule has 2 saturated heterocycles. The van der Waals surface area contributed by atoms with E-state index in [0.29, 0.717) is 6.10 Å². The van der Waals surface area contributed by atoms with Gasteiger partial charge in [-0.3, -0.25) is 4.90 Å². The smallest absolute Gasteiger partial charge is 0.0700 e. The van der Waals surface area contributed by atoms with Crippen LogP contribution in [0.4, 0.5) is 0 Å². The van der Waals surface area contributed by atoms with E-state index in [0.717, 1.165) is 31.7 Å². The van der Waals surface area contributed by atoms with Gasteiger partial charge in [0.05, 0.1) is 6.10 Å². The van der Waals surface area contributed by atoms with E-state index >= 15 is 0 Å². The van der Waals surface area contributed by atoms with E-state index in [1.807, 2.05) is 0 Å². The van der Waals surface area contributed by atoms with E-state index in [1.54, 1.807) is 0 Å². The second-order valence-corrected chi connectivity index (χ2v) is 6.03. The summed E-state index contributed by atoms with van der Waals surface area (Å²) < 4.78 is 5.62. The first kappa shape index (κ1) is 14.3. The van der Waals surface area contributed by atoms with Crippen molar-refractivity contribution in [3.8, 4) is 0 Å². The Bertz CT molecular complexity index is 229. The van der Waals surface area contributed by atoms with Crippen molar-refractivity contribution in [2.24, 2.45) is 5.92 Å². The van der Waals surface area contributed by atoms with Crippen LogP contribution in [0, 0.1) is 5.92 Å². The summed E-state index contributed by atoms with van der Waals surface area (Å²) in [6, 6.07) is 0.775. The van der Waals surface area contributed by atoms with Gasteiger partial charge in [-0.2, -0.15) is 0 Å². The lowest BCUT2D eigenvalue weighted by atomic mass is 9.91. The monoisotopic (exact) mass is 254 g/mol. The van der Waals surface area contributed by atoms with Crippen molar-refractivity contribution >= 4 is 0 Å². The fraction of sp³-hybridized carbons (Fsp3) is 1.00. The zero-order valence-corrected chi connectivity index (χ0v) is 12.2. The van der Waals surface area contributed by atoms with Gasteiger partial charge in [-0.1, -0.05) is 13.3 Å². The molecule has 0 spiro atoms. The van der Waals surface area contributed by atoms with E-state index < -0.39 is 0 Å². The van der Waals surface area contributed by atoms with Crippen LogP contribution in [0.1, 0.15) is 46.0 Å². The highest BCUT2D eigenvalue weighted by Crippen LogP contribution is 2.23. The predicted molar refractivity (Wildman–Crippen MR) is 75.9 cm³/mol. The molecule has 18 heavy (non-hydrogen) atoms. The molecule has 0 amide bonds. The molecule has 3 atom stereocenters. The molecule has 0 aromatic carbocycles. The van der Waals surface area contributed by atoms with Crippen molar-refractivity contribution < 1.29 is 4.74 Å². The largest absolute Gasteiger partial charge is 0.377 e. The Hall–Kier alpha value is -0.120. The number of nitrogens with one attached hydrogen (secondary N) is 1. The topological polar surface area (TPSA) is 24.5 Å². The number of likely N-dealkylation sites (tertiary alicyclic amines) is 1. The molecule has 2 heterocycles. The molecule has 0 aromatic rings. The van der Waals surface area contributed by atoms with Gasteiger partial charge in [0, 0.05) is 38.8 Å². The Morgan fingerprint density at radius 1 is 1.28 bits per heavy atom. The van der Waals surface area contributed by atoms with E-state index in [9.17, 15) is 0 Å². The Labute approximate surface area is 112 Å². The molecule has 0 bridgehead atoms. The minimum absolute atomic E-state index is 0.479. The van der Waals surface area contributed by atoms with E-state index in [1.165, 1.54) is 45.2 Å². The summed E-state index contributed by atoms with van der Waals surface area (Å²) in [5.41, 5.74) is 0. The molecular formula is C15H30N2O. The number of hydrogen-bond acceptors (Lipinski definition) is 3. The predicted octanol–water partition coefficient (Wildman–Crippen LogP) is 2.27. The molecular weight excluding hydrogens is 224 g/mol. The maximum absolute atomic E-state index is 5.62. The highest BCUT2D eigenvalue weighted by atomic mass is 16.5. The minimum atomic E-state index is 0.479. The van der Waals surface area contributed by atoms with Crippen molar-refractivity contribution in [2.75, 3.05) is 32.8 Å². The summed E-state index contributed by atoms with van der Waals surface area (Å²) in [6.07, 6.45) is 7.11. The summed E-state index contributed by atoms with van der Waals surface area (Å²) in [6.45, 7) is 10.3. The normalized spacial score (nSPS) is 34.0. The summed E-state index contributed by atoms with van der Waals surface area (Å²) in [5.74, 6) is 0.930. The molecule has 2 fully saturated rings. The zero-order chi connectivity index (χ0) is 12.8. The first-order chi connectivity index (χ1) is 8.79. The third-order valence-electron chi connectivity index (χ3n) is 4.66. The summed E-state index contributed by atoms with van der Waals surface area (Å²) >= 11 is 0. The second-order valence-electron chi connectivity index (χ2n) is 6.03. The fourth-order valence-electron chi connectivity index (χ4n) is 3.20. The van der Waals surface area contributed by atoms with Crippen LogP contribution in [-0.2, 0) is 4.74 Å². The van der Waals surface area contributed by atoms with Crippen LogP contribution < -0.4 is 5.32 Å². The van der Waals surface area contributed by atoms with Gasteiger partial charge in [0.15, 0.2) is 0 Å². The van der Waals surface area contributed by atoms with Crippen molar-refractivity contribution in [3.05, 3.63) is 0 Å². The number of ether oxygens (including phenoxy) is 1. The third-order valence-corrected chi connectivity index (χ3v) is 4.66. The Kier molecular flexibility index (Phi) is 5.93. The van der Waals surface area contributed by atoms with Gasteiger partial charge < -0.3 is 10.1 Å². The third kappa shape index (κ3) is 4.22. The highest BCUT2D eigenvalue weighted by Gasteiger charge is 2.23. The Morgan fingerprint density at radius 2 is 2.17 bits per heavy atom. The lowest BCUT2D eigenvalue weighted by molar-refractivity contribution is 0.101. The quantitative estimate of drug-likeness (QED) is 0.736. The molecule has 3 nitrogen and oxygen atoms in total. The van der Waals surface area contributed by atoms with E-state index in [4.69, 9.17) is 4.74 Å². The lowest BCUT2D eigenvalue weighted by Gasteiger charge is -2.37. The second kappa shape index (κ2) is 7.46. The van der Waals surface area contributed by atoms with E-state index in [-0.39, 0.29) is 0 Å². The maximum atomic E-state index is 5.62. The molecule has 2 aliphatic heterocycles. The van der Waals surface area contributed by atoms with Gasteiger partial charge in [0.2, 0.25) is 0 Å². The highest BCUT2D eigenvalue weighted by molar-refractivity contribution is 4.79. The first-order valence-corrected chi connectivity index (χ1v) is 7.86. The molecule has 106 valence electrons. The van der Waals surface area contributed by atoms with Crippen LogP contribution in [0.2, 0.25) is 0 Å². The average Bonchev–Trinajstić information content (AvgIpc) is 2.89. The van der Waals surface area contributed by atoms with Crippen molar-refractivity contribution in [1.82, 2.24) is 10.2 Å². The van der Waals surface area contributed by atoms with Crippen LogP contribution in [-0.4, -0.2) is 49.8 Å². The van der Waals surface area contributed by atoms with Crippen LogP contribution in [0.5, 0.6) is 0 Å². The van der Waals surface area contributed by atoms with Crippen molar-refractivity contribution in [2.45, 2.75) is 58.1 Å². The standard InChI is InChI=1S/C15H30N2O/c1-3-14-7-6-13(2)17(12-14)9-8-16-11-15-5-4-10-18-15/h13-16H,3-12H2,1-2H3. The van der Waals surface area contributed by atoms with Gasteiger partial charge in [-0.25, -0.2) is 0 Å². The molecule has 0 radical (unpaired) electrons. The SMILES string of the molecule is CCC1CCC(C)N(CCNCC2CCCO2)C1. The fourth-order valence-corrected chi connectivity index (χ4v) is 3.20. The molecule has 2 rings (SSSR count). The Morgan fingerprint density at radius 3 is 2.89 bits per heavy atom. The molecule has 2 aliphatic rings. The molecule has 3 heteroatoms. The molecule has 0 aliphatic carbocycles. The van der Waals surface area contributed by atoms with Crippen LogP contribution >= 0.6 is 0 Å². The number of piperidine rings is 1. The van der Waals surface area contributed by atoms with Gasteiger partial charge in [0.1, 0.15) is 0 Å². The maximum Gasteiger partial charge on any atom is 0.0700 e. The summed E-state index contributed by atoms with van der Waals surface area (Å²) in [4.78, 5) is 2.67. The van der Waals surface area contributed by atoms with Crippen LogP contribution in [0.25, 0.3) is 0 Å². The number of hydrogen-bond donors (Lipinski definition) is 1. The summed E-state index contributed by atoms with van der Waals surface area (Å²) in [5, 5.41) is 3.56. The van der Waals surface area contributed by atoms with Crippen LogP contribution in [0.15, 0.2) is 0 Å². The summed E-state index contributed by atoms with van der Waals surface area (Å²) in [7, 11) is 0. The van der Waals surface area contributed by atoms with Gasteiger partial charge in [0.25, 0.3) is 0 Å². The van der Waals surface area contributed by atoms with Gasteiger partial charge in [-0.15, -0.1) is 0 Å². The van der Waals surface area contributed by atoms with Gasteiger partial charge in [-0.05, 0) is 38.5 Å². The Balaban J connectivity index is 1.59. The minimum Gasteiger partial charge on any atom is -0.377 e. The van der Waals surface area contributed by atoms with Crippen molar-refractivity contribution in [1.29, 1.82) is 0 Å². The molecule has 0 saturated carbocycles. The average molecular weight is 254 g/mol. The molecule has 0 aromatic heterocycles. The van der Waals surface area contributed by atoms with Gasteiger partial charge >= 0.3 is 0 Å². The zero-order valence-electron chi connectivity index (χ0n) is 12.2. The number of rotatable bonds is 6. The van der Waals surface area contributed by atoms with Crippen LogP contribution in [0.3, 0.4) is 0 Å². The lowest BCUT2D eigenvalue weighted by Crippen LogP contribution is -2.45. The van der Waals surface area contributed by atoms with Crippen molar-refractivity contribution in [3.63, 3.8) is 0 Å². The molecule has 1 N–H and O–H groups in total. The first-order valence-electron chi connectivity index (χ1n) is 7.86. The number of nitrogens with zero attached hydrogens (tertiary/aromatic N) is 1.